The van der Waals surface area contributed by atoms with Crippen molar-refractivity contribution in [2.45, 2.75) is 39.7 Å². The minimum Gasteiger partial charge on any atom is -0.370 e. The van der Waals surface area contributed by atoms with Crippen LogP contribution in [0.1, 0.15) is 38.1 Å². The van der Waals surface area contributed by atoms with Gasteiger partial charge in [0.1, 0.15) is 12.2 Å². The van der Waals surface area contributed by atoms with Gasteiger partial charge in [0, 0.05) is 18.7 Å². The Kier molecular flexibility index (Phi) is 8.01. The van der Waals surface area contributed by atoms with Gasteiger partial charge >= 0.3 is 0 Å². The van der Waals surface area contributed by atoms with E-state index in [2.05, 4.69) is 53.4 Å². The molecule has 7 heteroatoms. The summed E-state index contributed by atoms with van der Waals surface area (Å²) in [5.41, 5.74) is 8.18. The monoisotopic (exact) mass is 428 g/mol. The summed E-state index contributed by atoms with van der Waals surface area (Å²) in [5, 5.41) is 11.1. The highest BCUT2D eigenvalue weighted by Crippen LogP contribution is 2.18. The van der Waals surface area contributed by atoms with Gasteiger partial charge in [-0.15, -0.1) is 34.2 Å². The predicted molar refractivity (Wildman–Crippen MR) is 105 cm³/mol. The number of halogens is 1. The van der Waals surface area contributed by atoms with Crippen LogP contribution in [-0.2, 0) is 13.0 Å². The molecule has 0 bridgehead atoms. The standard InChI is InChI=1S/C16H24N6.HI/c1-4-15-21-19-11-22(15)9-8-18-16(17)20-14-7-5-6-13(10-14)12(2)3;/h5-7,10-12H,4,8-9H2,1-3H3,(H3,17,18,20);1H. The van der Waals surface area contributed by atoms with Crippen LogP contribution in [0.4, 0.5) is 5.69 Å². The highest BCUT2D eigenvalue weighted by Gasteiger charge is 2.02. The molecule has 0 atom stereocenters. The first kappa shape index (κ1) is 19.4. The summed E-state index contributed by atoms with van der Waals surface area (Å²) in [4.78, 5) is 4.35. The van der Waals surface area contributed by atoms with Gasteiger partial charge in [-0.2, -0.15) is 0 Å². The van der Waals surface area contributed by atoms with Crippen LogP contribution in [-0.4, -0.2) is 27.3 Å². The molecule has 6 nitrogen and oxygen atoms in total. The molecule has 0 aliphatic heterocycles. The molecule has 2 rings (SSSR count). The van der Waals surface area contributed by atoms with Crippen LogP contribution in [0, 0.1) is 0 Å². The van der Waals surface area contributed by atoms with Crippen molar-refractivity contribution in [3.63, 3.8) is 0 Å². The molecule has 3 N–H and O–H groups in total. The Balaban J connectivity index is 0.00000264. The third-order valence-electron chi connectivity index (χ3n) is 3.46. The molecule has 0 unspecified atom stereocenters. The lowest BCUT2D eigenvalue weighted by atomic mass is 10.0. The maximum Gasteiger partial charge on any atom is 0.193 e. The van der Waals surface area contributed by atoms with Crippen LogP contribution in [0.2, 0.25) is 0 Å². The van der Waals surface area contributed by atoms with E-state index in [-0.39, 0.29) is 24.0 Å². The summed E-state index contributed by atoms with van der Waals surface area (Å²) < 4.78 is 2.00. The highest BCUT2D eigenvalue weighted by molar-refractivity contribution is 14.0. The van der Waals surface area contributed by atoms with E-state index in [9.17, 15) is 0 Å². The number of nitrogens with zero attached hydrogens (tertiary/aromatic N) is 4. The van der Waals surface area contributed by atoms with Crippen molar-refractivity contribution in [2.24, 2.45) is 10.7 Å². The van der Waals surface area contributed by atoms with Crippen molar-refractivity contribution in [3.8, 4) is 0 Å². The Hall–Kier alpha value is -1.64. The van der Waals surface area contributed by atoms with Crippen molar-refractivity contribution in [1.82, 2.24) is 14.8 Å². The largest absolute Gasteiger partial charge is 0.370 e. The van der Waals surface area contributed by atoms with E-state index in [0.29, 0.717) is 18.4 Å². The molecule has 23 heavy (non-hydrogen) atoms. The van der Waals surface area contributed by atoms with Crippen LogP contribution in [0.5, 0.6) is 0 Å². The minimum atomic E-state index is 0. The van der Waals surface area contributed by atoms with Crippen molar-refractivity contribution >= 4 is 35.6 Å². The van der Waals surface area contributed by atoms with Gasteiger partial charge in [0.15, 0.2) is 5.96 Å². The van der Waals surface area contributed by atoms with E-state index >= 15 is 0 Å². The lowest BCUT2D eigenvalue weighted by Crippen LogP contribution is -2.23. The molecule has 0 amide bonds. The molecular weight excluding hydrogens is 403 g/mol. The van der Waals surface area contributed by atoms with E-state index < -0.39 is 0 Å². The molecule has 0 spiro atoms. The average Bonchev–Trinajstić information content (AvgIpc) is 2.95. The fourth-order valence-corrected chi connectivity index (χ4v) is 2.18. The zero-order valence-corrected chi connectivity index (χ0v) is 16.2. The van der Waals surface area contributed by atoms with Crippen LogP contribution in [0.25, 0.3) is 0 Å². The van der Waals surface area contributed by atoms with Gasteiger partial charge in [0.25, 0.3) is 0 Å². The number of hydrogen-bond acceptors (Lipinski definition) is 3. The van der Waals surface area contributed by atoms with Gasteiger partial charge in [-0.3, -0.25) is 4.99 Å². The number of nitrogens with one attached hydrogen (secondary N) is 1. The SMILES string of the molecule is CCc1nncn1CCN=C(N)Nc1cccc(C(C)C)c1.I. The fraction of sp³-hybridized carbons (Fsp3) is 0.438. The highest BCUT2D eigenvalue weighted by atomic mass is 127. The number of nitrogens with two attached hydrogens (primary N) is 1. The second kappa shape index (κ2) is 9.49. The number of hydrogen-bond donors (Lipinski definition) is 2. The number of anilines is 1. The van der Waals surface area contributed by atoms with Crippen LogP contribution < -0.4 is 11.1 Å². The first-order chi connectivity index (χ1) is 10.6. The molecule has 0 saturated heterocycles. The molecule has 0 aliphatic rings. The smallest absolute Gasteiger partial charge is 0.193 e. The molecule has 0 saturated carbocycles. The van der Waals surface area contributed by atoms with Crippen molar-refractivity contribution in [3.05, 3.63) is 42.0 Å². The maximum absolute atomic E-state index is 5.94. The third kappa shape index (κ3) is 5.81. The number of rotatable bonds is 6. The van der Waals surface area contributed by atoms with E-state index in [1.165, 1.54) is 5.56 Å². The molecule has 1 aromatic carbocycles. The van der Waals surface area contributed by atoms with Crippen molar-refractivity contribution in [2.75, 3.05) is 11.9 Å². The van der Waals surface area contributed by atoms with Crippen molar-refractivity contribution in [1.29, 1.82) is 0 Å². The quantitative estimate of drug-likeness (QED) is 0.421. The summed E-state index contributed by atoms with van der Waals surface area (Å²) in [7, 11) is 0. The van der Waals surface area contributed by atoms with Gasteiger partial charge < -0.3 is 15.6 Å². The van der Waals surface area contributed by atoms with Gasteiger partial charge in [-0.05, 0) is 23.6 Å². The van der Waals surface area contributed by atoms with E-state index in [0.717, 1.165) is 24.5 Å². The van der Waals surface area contributed by atoms with Gasteiger partial charge in [0.2, 0.25) is 0 Å². The fourth-order valence-electron chi connectivity index (χ4n) is 2.18. The van der Waals surface area contributed by atoms with Crippen molar-refractivity contribution < 1.29 is 0 Å². The number of guanidine groups is 1. The van der Waals surface area contributed by atoms with Crippen LogP contribution >= 0.6 is 24.0 Å². The normalized spacial score (nSPS) is 11.4. The molecule has 2 aromatic rings. The summed E-state index contributed by atoms with van der Waals surface area (Å²) in [6, 6.07) is 8.22. The Morgan fingerprint density at radius 2 is 2.17 bits per heavy atom. The Labute approximate surface area is 154 Å². The first-order valence-electron chi connectivity index (χ1n) is 7.63. The first-order valence-corrected chi connectivity index (χ1v) is 7.63. The molecule has 126 valence electrons. The predicted octanol–water partition coefficient (Wildman–Crippen LogP) is 3.01. The van der Waals surface area contributed by atoms with Gasteiger partial charge in [0.05, 0.1) is 6.54 Å². The molecule has 0 fully saturated rings. The molecule has 1 heterocycles. The second-order valence-corrected chi connectivity index (χ2v) is 5.47. The average molecular weight is 428 g/mol. The Morgan fingerprint density at radius 1 is 1.39 bits per heavy atom. The molecule has 0 radical (unpaired) electrons. The minimum absolute atomic E-state index is 0. The molecular formula is C16H25IN6. The Morgan fingerprint density at radius 3 is 2.87 bits per heavy atom. The third-order valence-corrected chi connectivity index (χ3v) is 3.46. The maximum atomic E-state index is 5.94. The lowest BCUT2D eigenvalue weighted by Gasteiger charge is -2.10. The number of aliphatic imine (C=N–C) groups is 1. The topological polar surface area (TPSA) is 81.1 Å². The van der Waals surface area contributed by atoms with Gasteiger partial charge in [-0.25, -0.2) is 0 Å². The zero-order chi connectivity index (χ0) is 15.9. The summed E-state index contributed by atoms with van der Waals surface area (Å²) >= 11 is 0. The number of benzene rings is 1. The van der Waals surface area contributed by atoms with Crippen LogP contribution in [0.3, 0.4) is 0 Å². The van der Waals surface area contributed by atoms with Gasteiger partial charge in [-0.1, -0.05) is 32.9 Å². The zero-order valence-electron chi connectivity index (χ0n) is 13.9. The summed E-state index contributed by atoms with van der Waals surface area (Å²) in [6.07, 6.45) is 2.59. The summed E-state index contributed by atoms with van der Waals surface area (Å²) in [6.45, 7) is 7.71. The van der Waals surface area contributed by atoms with E-state index in [1.807, 2.05) is 16.7 Å². The summed E-state index contributed by atoms with van der Waals surface area (Å²) in [5.74, 6) is 1.87. The van der Waals surface area contributed by atoms with Crippen LogP contribution in [0.15, 0.2) is 35.6 Å². The lowest BCUT2D eigenvalue weighted by molar-refractivity contribution is 0.666. The second-order valence-electron chi connectivity index (χ2n) is 5.47. The number of aromatic nitrogens is 3. The van der Waals surface area contributed by atoms with E-state index in [1.54, 1.807) is 6.33 Å². The number of aryl methyl sites for hydroxylation is 1. The Bertz CT molecular complexity index is 635. The molecule has 1 aromatic heterocycles. The van der Waals surface area contributed by atoms with E-state index in [4.69, 9.17) is 5.73 Å². The molecule has 0 aliphatic carbocycles.